The van der Waals surface area contributed by atoms with Gasteiger partial charge >= 0.3 is 0 Å². The molecule has 1 aliphatic rings. The molecule has 0 aliphatic carbocycles. The van der Waals surface area contributed by atoms with E-state index in [1.807, 2.05) is 4.90 Å². The third-order valence-corrected chi connectivity index (χ3v) is 2.86. The van der Waals surface area contributed by atoms with E-state index in [1.165, 1.54) is 6.33 Å². The van der Waals surface area contributed by atoms with E-state index in [4.69, 9.17) is 0 Å². The van der Waals surface area contributed by atoms with Crippen LogP contribution < -0.4 is 10.5 Å². The summed E-state index contributed by atoms with van der Waals surface area (Å²) >= 11 is 3.16. The quantitative estimate of drug-likeness (QED) is 0.751. The Morgan fingerprint density at radius 1 is 1.71 bits per heavy atom. The largest absolute Gasteiger partial charge is 0.386 e. The summed E-state index contributed by atoms with van der Waals surface area (Å²) in [5.74, 6) is 0.584. The van der Waals surface area contributed by atoms with Gasteiger partial charge in [0.25, 0.3) is 5.56 Å². The van der Waals surface area contributed by atoms with Gasteiger partial charge in [-0.1, -0.05) is 0 Å². The highest BCUT2D eigenvalue weighted by Gasteiger charge is 2.38. The molecule has 1 aromatic rings. The molecule has 2 rings (SSSR count). The number of hydrogen-bond acceptors (Lipinski definition) is 4. The lowest BCUT2D eigenvalue weighted by atomic mass is 9.97. The average Bonchev–Trinajstić information content (AvgIpc) is 2.06. The minimum Gasteiger partial charge on any atom is -0.386 e. The minimum absolute atomic E-state index is 0.207. The molecule has 1 saturated heterocycles. The standard InChI is InChI=1S/C8H10BrN3O2/c1-8(14)2-12(3-8)6-5(9)7(13)11-4-10-6/h4,14H,2-3H2,1H3,(H,10,11,13). The fourth-order valence-electron chi connectivity index (χ4n) is 1.52. The van der Waals surface area contributed by atoms with E-state index in [9.17, 15) is 9.90 Å². The first-order chi connectivity index (χ1) is 6.49. The fraction of sp³-hybridized carbons (Fsp3) is 0.500. The third-order valence-electron chi connectivity index (χ3n) is 2.14. The lowest BCUT2D eigenvalue weighted by Crippen LogP contribution is -2.60. The summed E-state index contributed by atoms with van der Waals surface area (Å²) in [4.78, 5) is 19.6. The van der Waals surface area contributed by atoms with Gasteiger partial charge in [-0.2, -0.15) is 0 Å². The first-order valence-corrected chi connectivity index (χ1v) is 4.99. The van der Waals surface area contributed by atoms with Crippen molar-refractivity contribution in [1.29, 1.82) is 0 Å². The minimum atomic E-state index is -0.663. The maximum Gasteiger partial charge on any atom is 0.267 e. The van der Waals surface area contributed by atoms with Gasteiger partial charge in [0.1, 0.15) is 4.47 Å². The molecule has 1 aliphatic heterocycles. The number of hydrogen-bond donors (Lipinski definition) is 2. The molecule has 2 heterocycles. The Kier molecular flexibility index (Phi) is 2.11. The first kappa shape index (κ1) is 9.67. The fourth-order valence-corrected chi connectivity index (χ4v) is 1.99. The molecule has 0 saturated carbocycles. The summed E-state index contributed by atoms with van der Waals surface area (Å²) in [6, 6.07) is 0. The van der Waals surface area contributed by atoms with Crippen LogP contribution in [0.25, 0.3) is 0 Å². The predicted molar refractivity (Wildman–Crippen MR) is 55.4 cm³/mol. The van der Waals surface area contributed by atoms with Crippen LogP contribution >= 0.6 is 15.9 Å². The van der Waals surface area contributed by atoms with Gasteiger partial charge in [0.2, 0.25) is 0 Å². The molecule has 5 nitrogen and oxygen atoms in total. The maximum atomic E-state index is 11.2. The Morgan fingerprint density at radius 2 is 2.36 bits per heavy atom. The van der Waals surface area contributed by atoms with Gasteiger partial charge < -0.3 is 15.0 Å². The van der Waals surface area contributed by atoms with Gasteiger partial charge in [0.15, 0.2) is 5.82 Å². The molecule has 0 bridgehead atoms. The number of aliphatic hydroxyl groups is 1. The lowest BCUT2D eigenvalue weighted by molar-refractivity contribution is 0.0304. The molecule has 76 valence electrons. The number of aromatic amines is 1. The second-order valence-corrected chi connectivity index (χ2v) is 4.52. The number of anilines is 1. The summed E-state index contributed by atoms with van der Waals surface area (Å²) in [7, 11) is 0. The van der Waals surface area contributed by atoms with E-state index in [0.29, 0.717) is 23.4 Å². The Labute approximate surface area is 88.9 Å². The van der Waals surface area contributed by atoms with Crippen molar-refractivity contribution < 1.29 is 5.11 Å². The highest BCUT2D eigenvalue weighted by atomic mass is 79.9. The zero-order valence-electron chi connectivity index (χ0n) is 7.62. The molecule has 14 heavy (non-hydrogen) atoms. The molecule has 1 aromatic heterocycles. The van der Waals surface area contributed by atoms with E-state index >= 15 is 0 Å². The van der Waals surface area contributed by atoms with Crippen LogP contribution in [0.5, 0.6) is 0 Å². The first-order valence-electron chi connectivity index (χ1n) is 4.20. The van der Waals surface area contributed by atoms with Crippen molar-refractivity contribution in [3.63, 3.8) is 0 Å². The summed E-state index contributed by atoms with van der Waals surface area (Å²) in [5, 5.41) is 9.53. The highest BCUT2D eigenvalue weighted by molar-refractivity contribution is 9.10. The monoisotopic (exact) mass is 259 g/mol. The van der Waals surface area contributed by atoms with Crippen molar-refractivity contribution in [2.24, 2.45) is 0 Å². The zero-order chi connectivity index (χ0) is 10.3. The van der Waals surface area contributed by atoms with Crippen molar-refractivity contribution in [3.05, 3.63) is 21.2 Å². The van der Waals surface area contributed by atoms with Crippen molar-refractivity contribution in [3.8, 4) is 0 Å². The van der Waals surface area contributed by atoms with Crippen molar-refractivity contribution in [2.45, 2.75) is 12.5 Å². The molecule has 0 unspecified atom stereocenters. The smallest absolute Gasteiger partial charge is 0.267 e. The van der Waals surface area contributed by atoms with Gasteiger partial charge in [-0.15, -0.1) is 0 Å². The Morgan fingerprint density at radius 3 is 2.93 bits per heavy atom. The molecule has 0 atom stereocenters. The molecule has 0 amide bonds. The van der Waals surface area contributed by atoms with Gasteiger partial charge in [0, 0.05) is 13.1 Å². The molecule has 6 heteroatoms. The molecular formula is C8H10BrN3O2. The molecular weight excluding hydrogens is 250 g/mol. The highest BCUT2D eigenvalue weighted by Crippen LogP contribution is 2.28. The Bertz CT molecular complexity index is 407. The molecule has 0 aromatic carbocycles. The summed E-state index contributed by atoms with van der Waals surface area (Å²) in [6.45, 7) is 2.76. The van der Waals surface area contributed by atoms with Gasteiger partial charge in [0.05, 0.1) is 11.9 Å². The van der Waals surface area contributed by atoms with Gasteiger partial charge in [-0.05, 0) is 22.9 Å². The second kappa shape index (κ2) is 3.06. The topological polar surface area (TPSA) is 69.2 Å². The number of H-pyrrole nitrogens is 1. The summed E-state index contributed by atoms with van der Waals surface area (Å²) in [6.07, 6.45) is 1.36. The van der Waals surface area contributed by atoms with Crippen LogP contribution in [0.4, 0.5) is 5.82 Å². The van der Waals surface area contributed by atoms with Crippen molar-refractivity contribution >= 4 is 21.7 Å². The Hall–Kier alpha value is -0.880. The van der Waals surface area contributed by atoms with Gasteiger partial charge in [-0.3, -0.25) is 4.79 Å². The number of β-amino-alcohol motifs (C(OH)–C–C–N with tert-alkyl or cyclic N) is 1. The average molecular weight is 260 g/mol. The lowest BCUT2D eigenvalue weighted by Gasteiger charge is -2.45. The summed E-state index contributed by atoms with van der Waals surface area (Å²) < 4.78 is 0.413. The van der Waals surface area contributed by atoms with Crippen LogP contribution in [0.15, 0.2) is 15.6 Å². The number of aromatic nitrogens is 2. The Balaban J connectivity index is 2.27. The molecule has 0 spiro atoms. The zero-order valence-corrected chi connectivity index (χ0v) is 9.21. The van der Waals surface area contributed by atoms with E-state index in [-0.39, 0.29) is 5.56 Å². The van der Waals surface area contributed by atoms with Crippen LogP contribution in [0.3, 0.4) is 0 Å². The normalized spacial score (nSPS) is 19.2. The number of nitrogens with zero attached hydrogens (tertiary/aromatic N) is 2. The third kappa shape index (κ3) is 1.55. The van der Waals surface area contributed by atoms with E-state index in [2.05, 4.69) is 25.9 Å². The second-order valence-electron chi connectivity index (χ2n) is 3.72. The number of halogens is 1. The molecule has 2 N–H and O–H groups in total. The van der Waals surface area contributed by atoms with E-state index in [0.717, 1.165) is 0 Å². The van der Waals surface area contributed by atoms with Crippen LogP contribution in [-0.2, 0) is 0 Å². The number of nitrogens with one attached hydrogen (secondary N) is 1. The van der Waals surface area contributed by atoms with E-state index in [1.54, 1.807) is 6.92 Å². The SMILES string of the molecule is CC1(O)CN(c2nc[nH]c(=O)c2Br)C1. The van der Waals surface area contributed by atoms with Crippen LogP contribution in [0.2, 0.25) is 0 Å². The van der Waals surface area contributed by atoms with Crippen LogP contribution in [-0.4, -0.2) is 33.8 Å². The van der Waals surface area contributed by atoms with Crippen LogP contribution in [0.1, 0.15) is 6.92 Å². The van der Waals surface area contributed by atoms with Crippen molar-refractivity contribution in [2.75, 3.05) is 18.0 Å². The maximum absolute atomic E-state index is 11.2. The van der Waals surface area contributed by atoms with Gasteiger partial charge in [-0.25, -0.2) is 4.98 Å². The van der Waals surface area contributed by atoms with Crippen molar-refractivity contribution in [1.82, 2.24) is 9.97 Å². The number of rotatable bonds is 1. The van der Waals surface area contributed by atoms with Crippen LogP contribution in [0, 0.1) is 0 Å². The molecule has 0 radical (unpaired) electrons. The predicted octanol–water partition coefficient (Wildman–Crippen LogP) is 0.103. The molecule has 1 fully saturated rings. The summed E-state index contributed by atoms with van der Waals surface area (Å²) in [5.41, 5.74) is -0.870. The van der Waals surface area contributed by atoms with E-state index < -0.39 is 5.60 Å².